The second kappa shape index (κ2) is 8.68. The average Bonchev–Trinajstić information content (AvgIpc) is 3.07. The molecule has 0 radical (unpaired) electrons. The van der Waals surface area contributed by atoms with Crippen LogP contribution in [0.25, 0.3) is 0 Å². The van der Waals surface area contributed by atoms with E-state index < -0.39 is 5.60 Å². The maximum absolute atomic E-state index is 11.7. The third kappa shape index (κ3) is 3.80. The van der Waals surface area contributed by atoms with Crippen molar-refractivity contribution in [1.29, 1.82) is 0 Å². The molecule has 2 bridgehead atoms. The second-order valence-corrected chi connectivity index (χ2v) is 9.60. The smallest absolute Gasteiger partial charge is 0.213 e. The molecular weight excluding hydrogens is 443 g/mol. The number of pyridine rings is 1. The molecule has 2 aliphatic rings. The number of piperidine rings is 1. The molecule has 1 aromatic heterocycles. The maximum Gasteiger partial charge on any atom is 0.213 e. The van der Waals surface area contributed by atoms with Gasteiger partial charge in [-0.3, -0.25) is 4.90 Å². The number of rotatable bonds is 5. The lowest BCUT2D eigenvalue weighted by atomic mass is 9.81. The van der Waals surface area contributed by atoms with E-state index in [9.17, 15) is 5.11 Å². The summed E-state index contributed by atoms with van der Waals surface area (Å²) in [7, 11) is 1.60. The van der Waals surface area contributed by atoms with E-state index in [-0.39, 0.29) is 18.1 Å². The van der Waals surface area contributed by atoms with Crippen LogP contribution in [0.4, 0.5) is 0 Å². The Hall–Kier alpha value is -2.11. The highest BCUT2D eigenvalue weighted by Crippen LogP contribution is 2.51. The van der Waals surface area contributed by atoms with E-state index in [0.29, 0.717) is 24.4 Å². The minimum Gasteiger partial charge on any atom is -0.481 e. The van der Waals surface area contributed by atoms with Gasteiger partial charge in [0.1, 0.15) is 5.60 Å². The maximum atomic E-state index is 11.7. The van der Waals surface area contributed by atoms with Crippen molar-refractivity contribution >= 4 is 23.2 Å². The molecule has 1 N–H and O–H groups in total. The zero-order valence-electron chi connectivity index (χ0n) is 17.9. The van der Waals surface area contributed by atoms with E-state index in [1.54, 1.807) is 13.2 Å². The molecule has 6 heteroatoms. The molecule has 3 aromatic rings. The van der Waals surface area contributed by atoms with Crippen LogP contribution in [0.15, 0.2) is 66.7 Å². The molecule has 2 unspecified atom stereocenters. The first kappa shape index (κ1) is 21.7. The highest BCUT2D eigenvalue weighted by molar-refractivity contribution is 6.32. The van der Waals surface area contributed by atoms with Gasteiger partial charge in [0.15, 0.2) is 0 Å². The van der Waals surface area contributed by atoms with Crippen LogP contribution >= 0.6 is 23.2 Å². The van der Waals surface area contributed by atoms with E-state index in [1.807, 2.05) is 48.5 Å². The van der Waals surface area contributed by atoms with Gasteiger partial charge in [-0.25, -0.2) is 4.98 Å². The van der Waals surface area contributed by atoms with Crippen LogP contribution in [-0.4, -0.2) is 34.2 Å². The van der Waals surface area contributed by atoms with Crippen LogP contribution in [0.2, 0.25) is 10.0 Å². The van der Waals surface area contributed by atoms with Gasteiger partial charge in [0.25, 0.3) is 0 Å². The summed E-state index contributed by atoms with van der Waals surface area (Å²) >= 11 is 13.4. The third-order valence-corrected chi connectivity index (χ3v) is 7.62. The third-order valence-electron chi connectivity index (χ3n) is 6.93. The Morgan fingerprint density at radius 2 is 1.47 bits per heavy atom. The van der Waals surface area contributed by atoms with Crippen molar-refractivity contribution in [3.63, 3.8) is 0 Å². The molecule has 2 fully saturated rings. The summed E-state index contributed by atoms with van der Waals surface area (Å²) in [6, 6.07) is 21.9. The lowest BCUT2D eigenvalue weighted by molar-refractivity contribution is -0.0686. The Bertz CT molecular complexity index is 1060. The number of hydrogen-bond donors (Lipinski definition) is 1. The Morgan fingerprint density at radius 3 is 2.00 bits per heavy atom. The van der Waals surface area contributed by atoms with E-state index in [0.717, 1.165) is 34.0 Å². The van der Waals surface area contributed by atoms with Crippen molar-refractivity contribution in [2.24, 2.45) is 0 Å². The van der Waals surface area contributed by atoms with Crippen LogP contribution in [-0.2, 0) is 5.60 Å². The standard InChI is InChI=1S/C26H26Cl2N2O2/c1-32-24-12-6-11-23(29-24)26(31)15-17-13-14-18(16-26)30(17)25(19-7-2-4-9-21(19)27)20-8-3-5-10-22(20)28/h2-12,17-18,25,31H,13-16H2,1H3. The molecule has 2 saturated heterocycles. The first-order valence-corrected chi connectivity index (χ1v) is 11.8. The van der Waals surface area contributed by atoms with Gasteiger partial charge in [-0.15, -0.1) is 0 Å². The SMILES string of the molecule is COc1cccc(C2(O)CC3CCC(C2)N3C(c2ccccc2Cl)c2ccccc2Cl)n1. The van der Waals surface area contributed by atoms with Gasteiger partial charge in [-0.05, 0) is 55.0 Å². The molecule has 0 spiro atoms. The fourth-order valence-electron chi connectivity index (χ4n) is 5.56. The molecule has 32 heavy (non-hydrogen) atoms. The number of aromatic nitrogens is 1. The zero-order valence-corrected chi connectivity index (χ0v) is 19.4. The molecule has 0 amide bonds. The predicted molar refractivity (Wildman–Crippen MR) is 127 cm³/mol. The zero-order chi connectivity index (χ0) is 22.3. The largest absolute Gasteiger partial charge is 0.481 e. The van der Waals surface area contributed by atoms with Gasteiger partial charge in [0, 0.05) is 28.2 Å². The quantitative estimate of drug-likeness (QED) is 0.498. The molecule has 0 aliphatic carbocycles. The normalized spacial score (nSPS) is 25.3. The van der Waals surface area contributed by atoms with Crippen LogP contribution < -0.4 is 4.74 Å². The van der Waals surface area contributed by atoms with E-state index in [4.69, 9.17) is 27.9 Å². The molecule has 2 atom stereocenters. The topological polar surface area (TPSA) is 45.6 Å². The fourth-order valence-corrected chi connectivity index (χ4v) is 6.04. The molecule has 2 aromatic carbocycles. The number of hydrogen-bond acceptors (Lipinski definition) is 4. The Kier molecular flexibility index (Phi) is 5.89. The number of benzene rings is 2. The monoisotopic (exact) mass is 468 g/mol. The highest BCUT2D eigenvalue weighted by Gasteiger charge is 2.51. The van der Waals surface area contributed by atoms with Crippen molar-refractivity contribution in [2.45, 2.75) is 49.4 Å². The van der Waals surface area contributed by atoms with Gasteiger partial charge in [0.05, 0.1) is 18.8 Å². The number of nitrogens with zero attached hydrogens (tertiary/aromatic N) is 2. The van der Waals surface area contributed by atoms with Gasteiger partial charge >= 0.3 is 0 Å². The number of ether oxygens (including phenoxy) is 1. The van der Waals surface area contributed by atoms with Gasteiger partial charge in [-0.1, -0.05) is 65.7 Å². The molecular formula is C26H26Cl2N2O2. The van der Waals surface area contributed by atoms with E-state index >= 15 is 0 Å². The van der Waals surface area contributed by atoms with Gasteiger partial charge in [0.2, 0.25) is 5.88 Å². The summed E-state index contributed by atoms with van der Waals surface area (Å²) < 4.78 is 5.30. The van der Waals surface area contributed by atoms with Crippen molar-refractivity contribution in [1.82, 2.24) is 9.88 Å². The van der Waals surface area contributed by atoms with E-state index in [1.165, 1.54) is 0 Å². The molecule has 2 aliphatic heterocycles. The van der Waals surface area contributed by atoms with Crippen LogP contribution in [0.5, 0.6) is 5.88 Å². The minimum absolute atomic E-state index is 0.0716. The first-order chi connectivity index (χ1) is 15.5. The lowest BCUT2D eigenvalue weighted by Crippen LogP contribution is -2.51. The summed E-state index contributed by atoms with van der Waals surface area (Å²) in [5, 5.41) is 13.2. The molecule has 0 saturated carbocycles. The summed E-state index contributed by atoms with van der Waals surface area (Å²) in [4.78, 5) is 7.09. The summed E-state index contributed by atoms with van der Waals surface area (Å²) in [6.45, 7) is 0. The summed E-state index contributed by atoms with van der Waals surface area (Å²) in [5.74, 6) is 0.524. The Morgan fingerprint density at radius 1 is 0.906 bits per heavy atom. The van der Waals surface area contributed by atoms with Gasteiger partial charge in [-0.2, -0.15) is 0 Å². The summed E-state index contributed by atoms with van der Waals surface area (Å²) in [5.41, 5.74) is 1.79. The molecule has 4 nitrogen and oxygen atoms in total. The highest BCUT2D eigenvalue weighted by atomic mass is 35.5. The van der Waals surface area contributed by atoms with Crippen LogP contribution in [0.1, 0.15) is 48.5 Å². The van der Waals surface area contributed by atoms with Crippen molar-refractivity contribution in [2.75, 3.05) is 7.11 Å². The van der Waals surface area contributed by atoms with Crippen molar-refractivity contribution < 1.29 is 9.84 Å². The predicted octanol–water partition coefficient (Wildman–Crippen LogP) is 6.00. The number of methoxy groups -OCH3 is 1. The van der Waals surface area contributed by atoms with Crippen molar-refractivity contribution in [3.05, 3.63) is 93.6 Å². The average molecular weight is 469 g/mol. The number of halogens is 2. The molecule has 3 heterocycles. The molecule has 166 valence electrons. The van der Waals surface area contributed by atoms with Crippen LogP contribution in [0.3, 0.4) is 0 Å². The first-order valence-electron chi connectivity index (χ1n) is 11.0. The number of fused-ring (bicyclic) bond motifs is 2. The Balaban J connectivity index is 1.55. The lowest BCUT2D eigenvalue weighted by Gasteiger charge is -2.47. The second-order valence-electron chi connectivity index (χ2n) is 8.78. The number of aliphatic hydroxyl groups is 1. The Labute approximate surface area is 198 Å². The minimum atomic E-state index is -0.984. The molecule has 5 rings (SSSR count). The van der Waals surface area contributed by atoms with E-state index in [2.05, 4.69) is 22.0 Å². The van der Waals surface area contributed by atoms with Gasteiger partial charge < -0.3 is 9.84 Å². The van der Waals surface area contributed by atoms with Crippen molar-refractivity contribution in [3.8, 4) is 5.88 Å². The fraction of sp³-hybridized carbons (Fsp3) is 0.346. The van der Waals surface area contributed by atoms with Crippen LogP contribution in [0, 0.1) is 0 Å². The summed E-state index contributed by atoms with van der Waals surface area (Å²) in [6.07, 6.45) is 3.24.